The van der Waals surface area contributed by atoms with Gasteiger partial charge in [-0.2, -0.15) is 0 Å². The zero-order valence-corrected chi connectivity index (χ0v) is 16.5. The molecule has 1 atom stereocenters. The third-order valence-electron chi connectivity index (χ3n) is 5.04. The quantitative estimate of drug-likeness (QED) is 0.648. The van der Waals surface area contributed by atoms with Crippen molar-refractivity contribution in [3.8, 4) is 11.5 Å². The second-order valence-electron chi connectivity index (χ2n) is 7.44. The van der Waals surface area contributed by atoms with Gasteiger partial charge in [0.25, 0.3) is 0 Å². The second-order valence-corrected chi connectivity index (χ2v) is 9.03. The van der Waals surface area contributed by atoms with Gasteiger partial charge in [-0.25, -0.2) is 4.39 Å². The Morgan fingerprint density at radius 1 is 1.26 bits per heavy atom. The van der Waals surface area contributed by atoms with E-state index < -0.39 is 19.8 Å². The molecule has 0 saturated carbocycles. The number of halogens is 1. The molecular weight excluding hydrogens is 370 g/mol. The van der Waals surface area contributed by atoms with Crippen LogP contribution >= 0.6 is 7.60 Å². The van der Waals surface area contributed by atoms with E-state index in [1.807, 2.05) is 26.8 Å². The number of rotatable bonds is 5. The number of fused-ring (bicyclic) bond motifs is 1. The summed E-state index contributed by atoms with van der Waals surface area (Å²) in [6, 6.07) is 6.84. The molecule has 0 spiro atoms. The Morgan fingerprint density at radius 2 is 1.96 bits per heavy atom. The number of hydrogen-bond donors (Lipinski definition) is 3. The van der Waals surface area contributed by atoms with Crippen molar-refractivity contribution in [3.63, 3.8) is 0 Å². The van der Waals surface area contributed by atoms with Crippen molar-refractivity contribution in [1.29, 1.82) is 0 Å². The van der Waals surface area contributed by atoms with Crippen LogP contribution in [0.4, 0.5) is 4.39 Å². The fraction of sp³-hybridized carbons (Fsp3) is 0.400. The lowest BCUT2D eigenvalue weighted by atomic mass is 9.87. The van der Waals surface area contributed by atoms with Crippen LogP contribution in [-0.4, -0.2) is 21.2 Å². The maximum absolute atomic E-state index is 14.3. The summed E-state index contributed by atoms with van der Waals surface area (Å²) in [5, 5.41) is 9.99. The summed E-state index contributed by atoms with van der Waals surface area (Å²) in [4.78, 5) is 18.0. The van der Waals surface area contributed by atoms with Crippen LogP contribution in [0.25, 0.3) is 0 Å². The van der Waals surface area contributed by atoms with Crippen molar-refractivity contribution in [2.75, 3.05) is 6.35 Å². The molecule has 2 aromatic rings. The lowest BCUT2D eigenvalue weighted by Gasteiger charge is -2.19. The molecule has 0 radical (unpaired) electrons. The minimum Gasteiger partial charge on any atom is -0.505 e. The summed E-state index contributed by atoms with van der Waals surface area (Å²) in [6.07, 6.45) is 0.920. The molecule has 0 saturated heterocycles. The van der Waals surface area contributed by atoms with Crippen LogP contribution in [0, 0.1) is 12.7 Å². The van der Waals surface area contributed by atoms with Gasteiger partial charge in [0.2, 0.25) is 0 Å². The van der Waals surface area contributed by atoms with Gasteiger partial charge in [0.1, 0.15) is 5.75 Å². The average molecular weight is 394 g/mol. The van der Waals surface area contributed by atoms with Crippen LogP contribution in [0.1, 0.15) is 59.9 Å². The molecule has 0 bridgehead atoms. The van der Waals surface area contributed by atoms with E-state index in [0.29, 0.717) is 11.3 Å². The van der Waals surface area contributed by atoms with E-state index in [1.54, 1.807) is 12.1 Å². The summed E-state index contributed by atoms with van der Waals surface area (Å²) < 4.78 is 30.5. The van der Waals surface area contributed by atoms with Crippen molar-refractivity contribution in [1.82, 2.24) is 0 Å². The molecule has 0 heterocycles. The number of hydrogen-bond acceptors (Lipinski definition) is 3. The van der Waals surface area contributed by atoms with Gasteiger partial charge in [-0.05, 0) is 71.7 Å². The molecule has 27 heavy (non-hydrogen) atoms. The highest BCUT2D eigenvalue weighted by Gasteiger charge is 2.28. The highest BCUT2D eigenvalue weighted by Crippen LogP contribution is 2.44. The van der Waals surface area contributed by atoms with Gasteiger partial charge in [-0.15, -0.1) is 0 Å². The molecule has 0 fully saturated rings. The molecule has 0 unspecified atom stereocenters. The standard InChI is InChI=1S/C20H24FO5P/c1-11(2)17-8-14(9-18(21)20(17)22)16-5-4-13-7-15(6-12(3)19(13)16)26-10-27(23,24)25/h6-9,11,16,22H,4-5,10H2,1-3H3,(H2,23,24,25)/t16-/m1/s1. The number of aromatic hydroxyl groups is 1. The zero-order valence-electron chi connectivity index (χ0n) is 15.6. The number of ether oxygens (including phenoxy) is 1. The Labute approximate surface area is 158 Å². The van der Waals surface area contributed by atoms with Crippen LogP contribution in [0.5, 0.6) is 11.5 Å². The molecule has 7 heteroatoms. The van der Waals surface area contributed by atoms with Gasteiger partial charge in [0, 0.05) is 5.92 Å². The van der Waals surface area contributed by atoms with E-state index >= 15 is 0 Å². The smallest absolute Gasteiger partial charge is 0.362 e. The van der Waals surface area contributed by atoms with E-state index in [2.05, 4.69) is 0 Å². The van der Waals surface area contributed by atoms with Crippen LogP contribution in [0.2, 0.25) is 0 Å². The molecule has 3 N–H and O–H groups in total. The normalized spacial score (nSPS) is 16.6. The summed E-state index contributed by atoms with van der Waals surface area (Å²) in [5.74, 6) is -0.447. The third-order valence-corrected chi connectivity index (χ3v) is 5.50. The molecule has 1 aliphatic carbocycles. The van der Waals surface area contributed by atoms with Gasteiger partial charge in [-0.1, -0.05) is 19.9 Å². The molecule has 146 valence electrons. The Bertz CT molecular complexity index is 919. The van der Waals surface area contributed by atoms with Crippen LogP contribution < -0.4 is 4.74 Å². The van der Waals surface area contributed by atoms with Crippen LogP contribution in [0.3, 0.4) is 0 Å². The lowest BCUT2D eigenvalue weighted by Crippen LogP contribution is -2.03. The summed E-state index contributed by atoms with van der Waals surface area (Å²) >= 11 is 0. The minimum absolute atomic E-state index is 0.00449. The molecular formula is C20H24FO5P. The lowest BCUT2D eigenvalue weighted by molar-refractivity contribution is 0.300. The highest BCUT2D eigenvalue weighted by atomic mass is 31.2. The summed E-state index contributed by atoms with van der Waals surface area (Å²) in [7, 11) is -4.24. The molecule has 1 aliphatic rings. The predicted molar refractivity (Wildman–Crippen MR) is 101 cm³/mol. The minimum atomic E-state index is -4.24. The van der Waals surface area contributed by atoms with Crippen LogP contribution in [-0.2, 0) is 11.0 Å². The maximum atomic E-state index is 14.3. The first-order valence-electron chi connectivity index (χ1n) is 8.90. The Morgan fingerprint density at radius 3 is 2.59 bits per heavy atom. The van der Waals surface area contributed by atoms with Crippen LogP contribution in [0.15, 0.2) is 24.3 Å². The highest BCUT2D eigenvalue weighted by molar-refractivity contribution is 7.51. The Kier molecular flexibility index (Phi) is 5.35. The Hall–Kier alpha value is -1.88. The van der Waals surface area contributed by atoms with Crippen molar-refractivity contribution in [2.24, 2.45) is 0 Å². The largest absolute Gasteiger partial charge is 0.505 e. The topological polar surface area (TPSA) is 87.0 Å². The zero-order chi connectivity index (χ0) is 19.9. The maximum Gasteiger partial charge on any atom is 0.362 e. The first-order chi connectivity index (χ1) is 12.6. The number of phenols is 1. The summed E-state index contributed by atoms with van der Waals surface area (Å²) in [5.41, 5.74) is 4.51. The fourth-order valence-electron chi connectivity index (χ4n) is 3.84. The van der Waals surface area contributed by atoms with Gasteiger partial charge < -0.3 is 19.6 Å². The molecule has 3 rings (SSSR count). The molecule has 0 amide bonds. The van der Waals surface area contributed by atoms with Crippen molar-refractivity contribution < 1.29 is 28.6 Å². The van der Waals surface area contributed by atoms with Gasteiger partial charge >= 0.3 is 7.60 Å². The van der Waals surface area contributed by atoms with E-state index in [9.17, 15) is 14.1 Å². The van der Waals surface area contributed by atoms with Crippen molar-refractivity contribution in [3.05, 3.63) is 57.9 Å². The van der Waals surface area contributed by atoms with E-state index in [-0.39, 0.29) is 17.6 Å². The third kappa shape index (κ3) is 4.18. The van der Waals surface area contributed by atoms with Gasteiger partial charge in [-0.3, -0.25) is 4.57 Å². The van der Waals surface area contributed by atoms with Gasteiger partial charge in [0.15, 0.2) is 17.9 Å². The van der Waals surface area contributed by atoms with E-state index in [4.69, 9.17) is 14.5 Å². The second kappa shape index (κ2) is 7.27. The monoisotopic (exact) mass is 394 g/mol. The van der Waals surface area contributed by atoms with Crippen molar-refractivity contribution >= 4 is 7.60 Å². The van der Waals surface area contributed by atoms with E-state index in [0.717, 1.165) is 35.1 Å². The Balaban J connectivity index is 1.97. The molecule has 0 aromatic heterocycles. The first kappa shape index (κ1) is 19.9. The number of aryl methyl sites for hydroxylation is 2. The molecule has 2 aromatic carbocycles. The van der Waals surface area contributed by atoms with E-state index in [1.165, 1.54) is 6.07 Å². The number of benzene rings is 2. The fourth-order valence-corrected chi connectivity index (χ4v) is 4.16. The first-order valence-corrected chi connectivity index (χ1v) is 10.7. The van der Waals surface area contributed by atoms with Crippen molar-refractivity contribution in [2.45, 2.75) is 45.4 Å². The molecule has 0 aliphatic heterocycles. The average Bonchev–Trinajstić information content (AvgIpc) is 2.99. The number of phenolic OH excluding ortho intramolecular Hbond substituents is 1. The van der Waals surface area contributed by atoms with Gasteiger partial charge in [0.05, 0.1) is 0 Å². The SMILES string of the molecule is Cc1cc(OCP(=O)(O)O)cc2c1[C@@H](c1cc(F)c(O)c(C(C)C)c1)CC2. The molecule has 5 nitrogen and oxygen atoms in total. The summed E-state index contributed by atoms with van der Waals surface area (Å²) in [6.45, 7) is 5.75. The predicted octanol–water partition coefficient (Wildman–Crippen LogP) is 4.56.